The Kier molecular flexibility index (Phi) is 5.94. The van der Waals surface area contributed by atoms with E-state index in [1.807, 2.05) is 6.08 Å². The van der Waals surface area contributed by atoms with Gasteiger partial charge in [0, 0.05) is 4.11 Å². The first-order valence-electron chi connectivity index (χ1n) is 13.5. The second-order valence-corrected chi connectivity index (χ2v) is 11.1. The van der Waals surface area contributed by atoms with E-state index in [0.29, 0.717) is 18.3 Å². The van der Waals surface area contributed by atoms with Gasteiger partial charge in [0.1, 0.15) is 5.60 Å². The average Bonchev–Trinajstić information content (AvgIpc) is 3.08. The van der Waals surface area contributed by atoms with Crippen molar-refractivity contribution in [1.82, 2.24) is 0 Å². The minimum Gasteiger partial charge on any atom is -0.393 e. The smallest absolute Gasteiger partial charge is 0.108 e. The van der Waals surface area contributed by atoms with Gasteiger partial charge in [0.15, 0.2) is 0 Å². The summed E-state index contributed by atoms with van der Waals surface area (Å²) < 4.78 is 23.4. The molecule has 0 aliphatic heterocycles. The molecule has 174 valence electrons. The molecule has 3 saturated carbocycles. The van der Waals surface area contributed by atoms with Crippen LogP contribution in [0.5, 0.6) is 0 Å². The van der Waals surface area contributed by atoms with Gasteiger partial charge in [-0.1, -0.05) is 55.9 Å². The summed E-state index contributed by atoms with van der Waals surface area (Å²) in [7, 11) is 0. The van der Waals surface area contributed by atoms with Crippen LogP contribution in [-0.2, 0) is 0 Å². The fourth-order valence-corrected chi connectivity index (χ4v) is 6.17. The summed E-state index contributed by atoms with van der Waals surface area (Å²) in [6.45, 7) is 8.62. The van der Waals surface area contributed by atoms with Gasteiger partial charge in [-0.05, 0) is 101 Å². The van der Waals surface area contributed by atoms with Crippen LogP contribution in [0.1, 0.15) is 90.0 Å². The SMILES string of the molecule is [2H]C([2H])([2H])C(O)(/C=C/C(C)C1CCC2/C(=C/C=C3\CC(O)CCC3=C)CCCC21C)C(C)(C)O. The third-order valence-corrected chi connectivity index (χ3v) is 8.43. The van der Waals surface area contributed by atoms with Crippen molar-refractivity contribution in [3.63, 3.8) is 0 Å². The molecular weight excluding hydrogens is 384 g/mol. The minimum atomic E-state index is -2.73. The lowest BCUT2D eigenvalue weighted by atomic mass is 9.61. The van der Waals surface area contributed by atoms with E-state index in [2.05, 4.69) is 32.6 Å². The highest BCUT2D eigenvalue weighted by molar-refractivity contribution is 5.36. The van der Waals surface area contributed by atoms with Crippen LogP contribution < -0.4 is 0 Å². The first kappa shape index (κ1) is 20.4. The van der Waals surface area contributed by atoms with Crippen molar-refractivity contribution < 1.29 is 19.4 Å². The molecule has 0 aromatic carbocycles. The summed E-state index contributed by atoms with van der Waals surface area (Å²) in [5.41, 5.74) is -0.200. The zero-order valence-corrected chi connectivity index (χ0v) is 19.8. The summed E-state index contributed by atoms with van der Waals surface area (Å²) in [5, 5.41) is 31.4. The number of rotatable bonds is 5. The maximum absolute atomic E-state index is 10.9. The number of fused-ring (bicyclic) bond motifs is 1. The summed E-state index contributed by atoms with van der Waals surface area (Å²) in [6, 6.07) is 0. The molecule has 0 spiro atoms. The molecular formula is C28H44O3. The van der Waals surface area contributed by atoms with Gasteiger partial charge in [0.05, 0.1) is 11.7 Å². The lowest BCUT2D eigenvalue weighted by Crippen LogP contribution is -2.46. The van der Waals surface area contributed by atoms with Crippen LogP contribution >= 0.6 is 0 Å². The lowest BCUT2D eigenvalue weighted by molar-refractivity contribution is -0.0886. The Morgan fingerprint density at radius 3 is 2.61 bits per heavy atom. The van der Waals surface area contributed by atoms with Crippen LogP contribution in [0, 0.1) is 23.2 Å². The molecule has 3 fully saturated rings. The van der Waals surface area contributed by atoms with E-state index in [4.69, 9.17) is 4.11 Å². The van der Waals surface area contributed by atoms with E-state index < -0.39 is 18.1 Å². The molecule has 6 atom stereocenters. The normalized spacial score (nSPS) is 39.8. The van der Waals surface area contributed by atoms with Crippen LogP contribution in [0.4, 0.5) is 0 Å². The molecule has 0 bridgehead atoms. The van der Waals surface area contributed by atoms with Gasteiger partial charge in [0.2, 0.25) is 0 Å². The van der Waals surface area contributed by atoms with Crippen LogP contribution in [0.15, 0.2) is 47.6 Å². The first-order valence-corrected chi connectivity index (χ1v) is 12.0. The van der Waals surface area contributed by atoms with E-state index in [1.165, 1.54) is 31.1 Å². The van der Waals surface area contributed by atoms with Crippen LogP contribution in [-0.4, -0.2) is 32.6 Å². The van der Waals surface area contributed by atoms with E-state index >= 15 is 0 Å². The van der Waals surface area contributed by atoms with Gasteiger partial charge < -0.3 is 15.3 Å². The number of hydrogen-bond donors (Lipinski definition) is 3. The predicted octanol–water partition coefficient (Wildman–Crippen LogP) is 5.87. The van der Waals surface area contributed by atoms with Crippen molar-refractivity contribution in [1.29, 1.82) is 0 Å². The Labute approximate surface area is 193 Å². The second kappa shape index (κ2) is 9.00. The molecule has 31 heavy (non-hydrogen) atoms. The fraction of sp³-hybridized carbons (Fsp3) is 0.714. The maximum atomic E-state index is 10.9. The third kappa shape index (κ3) is 5.10. The Morgan fingerprint density at radius 2 is 1.94 bits per heavy atom. The summed E-state index contributed by atoms with van der Waals surface area (Å²) >= 11 is 0. The number of aliphatic hydroxyl groups is 3. The van der Waals surface area contributed by atoms with Gasteiger partial charge in [-0.15, -0.1) is 0 Å². The Bertz CT molecular complexity index is 847. The van der Waals surface area contributed by atoms with Crippen LogP contribution in [0.3, 0.4) is 0 Å². The molecule has 3 N–H and O–H groups in total. The standard InChI is InChI=1S/C28H44O3/c1-19-9-12-23(29)18-22(19)11-10-21-8-7-16-27(5)24(13-14-25(21)27)20(2)15-17-28(6,31)26(3,4)30/h10-11,15,17,20,23-25,29-31H,1,7-9,12-14,16,18H2,2-6H3/b17-15+,21-10+,22-11+/i6D3. The van der Waals surface area contributed by atoms with Crippen molar-refractivity contribution in [2.24, 2.45) is 23.2 Å². The Morgan fingerprint density at radius 1 is 1.19 bits per heavy atom. The highest BCUT2D eigenvalue weighted by Gasteiger charge is 2.50. The molecule has 0 aromatic rings. The molecule has 6 unspecified atom stereocenters. The summed E-state index contributed by atoms with van der Waals surface area (Å²) in [5.74, 6) is 0.938. The summed E-state index contributed by atoms with van der Waals surface area (Å²) in [4.78, 5) is 0. The first-order chi connectivity index (χ1) is 15.6. The van der Waals surface area contributed by atoms with Crippen molar-refractivity contribution in [3.05, 3.63) is 47.6 Å². The highest BCUT2D eigenvalue weighted by Crippen LogP contribution is 2.59. The van der Waals surface area contributed by atoms with Crippen molar-refractivity contribution in [3.8, 4) is 0 Å². The van der Waals surface area contributed by atoms with Gasteiger partial charge >= 0.3 is 0 Å². The highest BCUT2D eigenvalue weighted by atomic mass is 16.3. The van der Waals surface area contributed by atoms with E-state index in [0.717, 1.165) is 50.5 Å². The molecule has 0 aromatic heterocycles. The number of allylic oxidation sites excluding steroid dienone is 5. The van der Waals surface area contributed by atoms with Gasteiger partial charge in [-0.25, -0.2) is 0 Å². The van der Waals surface area contributed by atoms with Crippen molar-refractivity contribution in [2.45, 2.75) is 103 Å². The molecule has 3 heteroatoms. The van der Waals surface area contributed by atoms with Crippen LogP contribution in [0.2, 0.25) is 0 Å². The molecule has 0 radical (unpaired) electrons. The largest absolute Gasteiger partial charge is 0.393 e. The molecule has 0 amide bonds. The average molecular weight is 432 g/mol. The molecule has 3 nitrogen and oxygen atoms in total. The summed E-state index contributed by atoms with van der Waals surface area (Å²) in [6.07, 6.45) is 15.2. The molecule has 3 rings (SSSR count). The maximum Gasteiger partial charge on any atom is 0.108 e. The Balaban J connectivity index is 1.81. The van der Waals surface area contributed by atoms with Gasteiger partial charge in [-0.3, -0.25) is 0 Å². The van der Waals surface area contributed by atoms with E-state index in [-0.39, 0.29) is 17.4 Å². The minimum absolute atomic E-state index is 0.0807. The van der Waals surface area contributed by atoms with Gasteiger partial charge in [-0.2, -0.15) is 0 Å². The van der Waals surface area contributed by atoms with Crippen LogP contribution in [0.25, 0.3) is 0 Å². The third-order valence-electron chi connectivity index (χ3n) is 8.43. The topological polar surface area (TPSA) is 60.7 Å². The van der Waals surface area contributed by atoms with Gasteiger partial charge in [0.25, 0.3) is 0 Å². The molecule has 0 saturated heterocycles. The Hall–Kier alpha value is -1.16. The number of hydrogen-bond acceptors (Lipinski definition) is 3. The van der Waals surface area contributed by atoms with Crippen molar-refractivity contribution >= 4 is 0 Å². The lowest BCUT2D eigenvalue weighted by Gasteiger charge is -2.44. The zero-order chi connectivity index (χ0) is 25.5. The van der Waals surface area contributed by atoms with E-state index in [9.17, 15) is 15.3 Å². The fourth-order valence-electron chi connectivity index (χ4n) is 6.17. The quantitative estimate of drug-likeness (QED) is 0.477. The molecule has 0 heterocycles. The number of aliphatic hydroxyl groups excluding tert-OH is 1. The molecule has 3 aliphatic rings. The van der Waals surface area contributed by atoms with Crippen molar-refractivity contribution in [2.75, 3.05) is 0 Å². The predicted molar refractivity (Wildman–Crippen MR) is 129 cm³/mol. The molecule has 3 aliphatic carbocycles. The second-order valence-electron chi connectivity index (χ2n) is 11.1. The van der Waals surface area contributed by atoms with E-state index in [1.54, 1.807) is 0 Å². The monoisotopic (exact) mass is 431 g/mol. The zero-order valence-electron chi connectivity index (χ0n) is 22.8.